The zero-order valence-corrected chi connectivity index (χ0v) is 22.4. The van der Waals surface area contributed by atoms with Crippen LogP contribution in [0.5, 0.6) is 0 Å². The van der Waals surface area contributed by atoms with Crippen LogP contribution in [0.25, 0.3) is 22.5 Å². The van der Waals surface area contributed by atoms with Gasteiger partial charge in [-0.1, -0.05) is 23.7 Å². The van der Waals surface area contributed by atoms with Gasteiger partial charge in [0.05, 0.1) is 19.5 Å². The Hall–Kier alpha value is -3.87. The second kappa shape index (κ2) is 12.5. The van der Waals surface area contributed by atoms with Gasteiger partial charge in [-0.05, 0) is 42.0 Å². The van der Waals surface area contributed by atoms with E-state index in [1.54, 1.807) is 22.8 Å². The van der Waals surface area contributed by atoms with Crippen LogP contribution in [0.1, 0.15) is 11.3 Å². The molecule has 0 bridgehead atoms. The Balaban J connectivity index is 1.24. The van der Waals surface area contributed by atoms with Gasteiger partial charge in [0.2, 0.25) is 5.95 Å². The number of nitrogens with two attached hydrogens (primary N) is 1. The number of H-pyrrole nitrogens is 1. The second-order valence-corrected chi connectivity index (χ2v) is 10.2. The summed E-state index contributed by atoms with van der Waals surface area (Å²) in [7, 11) is -1.65. The minimum atomic E-state index is -1.65. The molecule has 1 unspecified atom stereocenters. The number of nitrogens with one attached hydrogen (secondary N) is 1. The summed E-state index contributed by atoms with van der Waals surface area (Å²) < 4.78 is 43.1. The van der Waals surface area contributed by atoms with Crippen molar-refractivity contribution in [2.45, 2.75) is 19.8 Å². The highest BCUT2D eigenvalue weighted by molar-refractivity contribution is 7.46. The molecule has 0 aliphatic rings. The normalized spacial score (nSPS) is 12.2. The van der Waals surface area contributed by atoms with E-state index in [1.807, 2.05) is 6.07 Å². The number of benzene rings is 2. The molecule has 12 nitrogen and oxygen atoms in total. The average Bonchev–Trinajstić information content (AvgIpc) is 3.51. The van der Waals surface area contributed by atoms with Crippen molar-refractivity contribution < 1.29 is 27.0 Å². The number of hydrogen-bond acceptors (Lipinski definition) is 10. The molecular formula is C25H22ClFN5O7P. The van der Waals surface area contributed by atoms with Gasteiger partial charge >= 0.3 is 5.82 Å². The van der Waals surface area contributed by atoms with Crippen molar-refractivity contribution in [2.24, 2.45) is 0 Å². The average molecular weight is 590 g/mol. The molecule has 0 saturated heterocycles. The molecule has 40 heavy (non-hydrogen) atoms. The first-order valence-electron chi connectivity index (χ1n) is 11.8. The molecule has 1 atom stereocenters. The van der Waals surface area contributed by atoms with Gasteiger partial charge in [0.25, 0.3) is 5.56 Å². The zero-order chi connectivity index (χ0) is 28.1. The molecule has 5 aromatic rings. The van der Waals surface area contributed by atoms with Crippen molar-refractivity contribution >= 4 is 37.1 Å². The number of rotatable bonds is 12. The fourth-order valence-corrected chi connectivity index (χ4v) is 4.95. The maximum absolute atomic E-state index is 13.4. The topological polar surface area (TPSA) is 161 Å². The summed E-state index contributed by atoms with van der Waals surface area (Å²) in [5.41, 5.74) is 7.00. The molecule has 0 spiro atoms. The fraction of sp³-hybridized carbons (Fsp3) is 0.200. The number of aromatic nitrogens is 4. The van der Waals surface area contributed by atoms with E-state index >= 15 is 0 Å². The highest BCUT2D eigenvalue weighted by Gasteiger charge is 2.20. The number of anilines is 1. The monoisotopic (exact) mass is 589 g/mol. The van der Waals surface area contributed by atoms with Gasteiger partial charge in [0.1, 0.15) is 18.8 Å². The van der Waals surface area contributed by atoms with Crippen molar-refractivity contribution in [3.63, 3.8) is 0 Å². The number of nitrogen functional groups attached to an aromatic ring is 1. The smallest absolute Gasteiger partial charge is 0.393 e. The summed E-state index contributed by atoms with van der Waals surface area (Å²) in [6, 6.07) is 12.6. The molecule has 0 radical (unpaired) electrons. The van der Waals surface area contributed by atoms with Gasteiger partial charge in [-0.2, -0.15) is 4.98 Å². The van der Waals surface area contributed by atoms with Crippen molar-refractivity contribution in [2.75, 3.05) is 18.7 Å². The third kappa shape index (κ3) is 6.82. The van der Waals surface area contributed by atoms with E-state index in [0.717, 1.165) is 5.56 Å². The summed E-state index contributed by atoms with van der Waals surface area (Å²) in [5, 5.41) is 0.562. The van der Waals surface area contributed by atoms with Gasteiger partial charge in [0.15, 0.2) is 31.1 Å². The quantitative estimate of drug-likeness (QED) is 0.157. The molecule has 2 aromatic carbocycles. The third-order valence-corrected chi connectivity index (χ3v) is 6.98. The first-order chi connectivity index (χ1) is 19.4. The number of fused-ring (bicyclic) bond motifs is 1. The number of nitrogens with zero attached hydrogens (tertiary/aromatic N) is 3. The highest BCUT2D eigenvalue weighted by Crippen LogP contribution is 2.41. The Morgan fingerprint density at radius 1 is 1.10 bits per heavy atom. The summed E-state index contributed by atoms with van der Waals surface area (Å²) >= 11 is 6.08. The molecule has 0 saturated carbocycles. The van der Waals surface area contributed by atoms with Crippen LogP contribution in [0.2, 0.25) is 5.02 Å². The number of hydrogen-bond donors (Lipinski definition) is 2. The van der Waals surface area contributed by atoms with Gasteiger partial charge in [-0.25, -0.2) is 14.2 Å². The summed E-state index contributed by atoms with van der Waals surface area (Å²) in [4.78, 5) is 34.4. The minimum absolute atomic E-state index is 0.0163. The predicted molar refractivity (Wildman–Crippen MR) is 144 cm³/mol. The Morgan fingerprint density at radius 2 is 1.90 bits per heavy atom. The van der Waals surface area contributed by atoms with E-state index in [1.165, 1.54) is 30.6 Å². The fourth-order valence-electron chi connectivity index (χ4n) is 3.68. The van der Waals surface area contributed by atoms with Gasteiger partial charge in [-0.15, -0.1) is 0 Å². The van der Waals surface area contributed by atoms with E-state index in [2.05, 4.69) is 15.0 Å². The molecule has 5 rings (SSSR count). The molecule has 0 fully saturated rings. The molecule has 208 valence electrons. The van der Waals surface area contributed by atoms with Crippen LogP contribution in [-0.4, -0.2) is 32.5 Å². The SMILES string of the molecule is Nc1nc2c(ncn2CCOCP(OCc2cccc(Cl)c2)OCc2oc(=O)oc2-c2ccc(F)cc2)c(=O)[nH]1. The predicted octanol–water partition coefficient (Wildman–Crippen LogP) is 4.43. The first kappa shape index (κ1) is 27.7. The molecule has 15 heteroatoms. The van der Waals surface area contributed by atoms with Crippen LogP contribution in [-0.2, 0) is 33.5 Å². The number of halogens is 2. The third-order valence-electron chi connectivity index (χ3n) is 5.52. The van der Waals surface area contributed by atoms with Crippen LogP contribution in [0, 0.1) is 5.82 Å². The van der Waals surface area contributed by atoms with E-state index in [-0.39, 0.29) is 49.2 Å². The van der Waals surface area contributed by atoms with Gasteiger partial charge in [-0.3, -0.25) is 9.78 Å². The summed E-state index contributed by atoms with van der Waals surface area (Å²) in [5.74, 6) is -1.12. The lowest BCUT2D eigenvalue weighted by Crippen LogP contribution is -2.13. The van der Waals surface area contributed by atoms with E-state index in [0.29, 0.717) is 22.8 Å². The lowest BCUT2D eigenvalue weighted by Gasteiger charge is -2.17. The first-order valence-corrected chi connectivity index (χ1v) is 13.5. The van der Waals surface area contributed by atoms with Crippen LogP contribution in [0.4, 0.5) is 10.3 Å². The number of ether oxygens (including phenoxy) is 1. The molecular weight excluding hydrogens is 568 g/mol. The van der Waals surface area contributed by atoms with Crippen molar-refractivity contribution in [3.8, 4) is 11.3 Å². The zero-order valence-electron chi connectivity index (χ0n) is 20.7. The van der Waals surface area contributed by atoms with Crippen LogP contribution >= 0.6 is 20.0 Å². The molecule has 3 heterocycles. The van der Waals surface area contributed by atoms with Crippen molar-refractivity contribution in [1.82, 2.24) is 19.5 Å². The maximum Gasteiger partial charge on any atom is 0.519 e. The Morgan fingerprint density at radius 3 is 2.70 bits per heavy atom. The minimum Gasteiger partial charge on any atom is -0.393 e. The molecule has 3 aromatic heterocycles. The van der Waals surface area contributed by atoms with Crippen LogP contribution in [0.3, 0.4) is 0 Å². The lowest BCUT2D eigenvalue weighted by molar-refractivity contribution is 0.136. The van der Waals surface area contributed by atoms with Crippen LogP contribution < -0.4 is 17.1 Å². The Labute approximate surface area is 231 Å². The standard InChI is InChI=1S/C25H22ClFN5O7P/c26-17-3-1-2-15(10-17)11-36-40(14-35-9-8-32-13-29-20-22(32)30-24(28)31-23(20)33)37-12-19-21(39-25(34)38-19)16-4-6-18(27)7-5-16/h1-7,10,13H,8-9,11-12,14H2,(H3,28,30,31,33). The number of aromatic amines is 1. The van der Waals surface area contributed by atoms with E-state index < -0.39 is 25.6 Å². The van der Waals surface area contributed by atoms with Gasteiger partial charge in [0, 0.05) is 17.1 Å². The Kier molecular flexibility index (Phi) is 8.68. The van der Waals surface area contributed by atoms with Gasteiger partial charge < -0.3 is 32.9 Å². The summed E-state index contributed by atoms with van der Waals surface area (Å²) in [6.07, 6.45) is 1.54. The largest absolute Gasteiger partial charge is 0.519 e. The maximum atomic E-state index is 13.4. The number of imidazole rings is 1. The van der Waals surface area contributed by atoms with Crippen molar-refractivity contribution in [1.29, 1.82) is 0 Å². The van der Waals surface area contributed by atoms with E-state index in [4.69, 9.17) is 40.0 Å². The highest BCUT2D eigenvalue weighted by atomic mass is 35.5. The van der Waals surface area contributed by atoms with E-state index in [9.17, 15) is 14.0 Å². The lowest BCUT2D eigenvalue weighted by atomic mass is 10.1. The van der Waals surface area contributed by atoms with Crippen molar-refractivity contribution in [3.05, 3.63) is 98.0 Å². The molecule has 0 aliphatic heterocycles. The second-order valence-electron chi connectivity index (χ2n) is 8.32. The van der Waals surface area contributed by atoms with Crippen LogP contribution in [0.15, 0.2) is 73.3 Å². The molecule has 0 aliphatic carbocycles. The summed E-state index contributed by atoms with van der Waals surface area (Å²) in [6.45, 7) is 0.564. The molecule has 3 N–H and O–H groups in total. The molecule has 0 amide bonds. The Bertz CT molecular complexity index is 1720.